The highest BCUT2D eigenvalue weighted by Gasteiger charge is 2.31. The molecule has 8 heteroatoms. The van der Waals surface area contributed by atoms with E-state index in [0.29, 0.717) is 30.4 Å². The standard InChI is InChI=1S/C22H31ClN2O5/c1-15-5-6-17(19(18(15)23)28-14-29-20(26)16-7-8-16)13-24-9-11-25(12-10-24)21(27)30-22(2,3)4/h5-6,16H,7-14H2,1-4H3. The van der Waals surface area contributed by atoms with Crippen LogP contribution in [0.5, 0.6) is 5.75 Å². The van der Waals surface area contributed by atoms with Gasteiger partial charge in [0, 0.05) is 38.3 Å². The van der Waals surface area contributed by atoms with Crippen LogP contribution in [0.1, 0.15) is 44.7 Å². The predicted molar refractivity (Wildman–Crippen MR) is 114 cm³/mol. The lowest BCUT2D eigenvalue weighted by Crippen LogP contribution is -2.49. The summed E-state index contributed by atoms with van der Waals surface area (Å²) in [4.78, 5) is 28.0. The fraction of sp³-hybridized carbons (Fsp3) is 0.636. The van der Waals surface area contributed by atoms with Crippen molar-refractivity contribution in [3.05, 3.63) is 28.3 Å². The Morgan fingerprint density at radius 3 is 2.40 bits per heavy atom. The van der Waals surface area contributed by atoms with Crippen LogP contribution in [0.15, 0.2) is 12.1 Å². The van der Waals surface area contributed by atoms with E-state index in [0.717, 1.165) is 37.1 Å². The minimum Gasteiger partial charge on any atom is -0.455 e. The van der Waals surface area contributed by atoms with Gasteiger partial charge in [0.05, 0.1) is 10.9 Å². The van der Waals surface area contributed by atoms with Gasteiger partial charge in [0.25, 0.3) is 0 Å². The quantitative estimate of drug-likeness (QED) is 0.494. The maximum absolute atomic E-state index is 12.2. The van der Waals surface area contributed by atoms with Crippen LogP contribution in [0, 0.1) is 12.8 Å². The number of halogens is 1. The highest BCUT2D eigenvalue weighted by Crippen LogP contribution is 2.34. The lowest BCUT2D eigenvalue weighted by Gasteiger charge is -2.35. The van der Waals surface area contributed by atoms with E-state index < -0.39 is 5.60 Å². The highest BCUT2D eigenvalue weighted by molar-refractivity contribution is 6.32. The number of amides is 1. The Hall–Kier alpha value is -1.99. The van der Waals surface area contributed by atoms with Crippen LogP contribution in [0.25, 0.3) is 0 Å². The number of benzene rings is 1. The molecule has 1 saturated heterocycles. The number of hydrogen-bond donors (Lipinski definition) is 0. The van der Waals surface area contributed by atoms with Crippen LogP contribution in [0.4, 0.5) is 4.79 Å². The van der Waals surface area contributed by atoms with Gasteiger partial charge in [0.1, 0.15) is 11.4 Å². The fourth-order valence-electron chi connectivity index (χ4n) is 3.21. The molecule has 0 N–H and O–H groups in total. The Kier molecular flexibility index (Phi) is 7.14. The van der Waals surface area contributed by atoms with E-state index in [1.165, 1.54) is 0 Å². The van der Waals surface area contributed by atoms with Gasteiger partial charge in [-0.2, -0.15) is 0 Å². The summed E-state index contributed by atoms with van der Waals surface area (Å²) in [6.45, 7) is 10.7. The summed E-state index contributed by atoms with van der Waals surface area (Å²) in [6.07, 6.45) is 1.51. The van der Waals surface area contributed by atoms with Gasteiger partial charge in [-0.15, -0.1) is 0 Å². The zero-order valence-corrected chi connectivity index (χ0v) is 19.0. The maximum Gasteiger partial charge on any atom is 0.410 e. The highest BCUT2D eigenvalue weighted by atomic mass is 35.5. The average Bonchev–Trinajstić information content (AvgIpc) is 3.51. The van der Waals surface area contributed by atoms with Crippen LogP contribution >= 0.6 is 11.6 Å². The van der Waals surface area contributed by atoms with Gasteiger partial charge in [-0.25, -0.2) is 4.79 Å². The molecular weight excluding hydrogens is 408 g/mol. The van der Waals surface area contributed by atoms with Crippen molar-refractivity contribution in [3.8, 4) is 5.75 Å². The molecule has 1 amide bonds. The first-order chi connectivity index (χ1) is 14.1. The predicted octanol–water partition coefficient (Wildman–Crippen LogP) is 3.99. The SMILES string of the molecule is Cc1ccc(CN2CCN(C(=O)OC(C)(C)C)CC2)c(OCOC(=O)C2CC2)c1Cl. The second kappa shape index (κ2) is 9.43. The molecule has 1 heterocycles. The zero-order chi connectivity index (χ0) is 21.9. The maximum atomic E-state index is 12.2. The van der Waals surface area contributed by atoms with Crippen molar-refractivity contribution in [2.75, 3.05) is 33.0 Å². The summed E-state index contributed by atoms with van der Waals surface area (Å²) in [6, 6.07) is 3.94. The van der Waals surface area contributed by atoms with Crippen molar-refractivity contribution < 1.29 is 23.8 Å². The zero-order valence-electron chi connectivity index (χ0n) is 18.2. The number of ether oxygens (including phenoxy) is 3. The molecular formula is C22H31ClN2O5. The minimum absolute atomic E-state index is 0.0299. The number of nitrogens with zero attached hydrogens (tertiary/aromatic N) is 2. The van der Waals surface area contributed by atoms with E-state index in [1.54, 1.807) is 4.90 Å². The smallest absolute Gasteiger partial charge is 0.410 e. The van der Waals surface area contributed by atoms with Gasteiger partial charge in [-0.1, -0.05) is 23.7 Å². The molecule has 1 saturated carbocycles. The molecule has 0 radical (unpaired) electrons. The van der Waals surface area contributed by atoms with Crippen LogP contribution in [0.3, 0.4) is 0 Å². The number of hydrogen-bond acceptors (Lipinski definition) is 6. The van der Waals surface area contributed by atoms with Gasteiger partial charge >= 0.3 is 12.1 Å². The van der Waals surface area contributed by atoms with E-state index in [-0.39, 0.29) is 24.8 Å². The normalized spacial score (nSPS) is 17.6. The summed E-state index contributed by atoms with van der Waals surface area (Å²) in [5.41, 5.74) is 1.33. The average molecular weight is 439 g/mol. The molecule has 0 bridgehead atoms. The van der Waals surface area contributed by atoms with E-state index in [2.05, 4.69) is 4.90 Å². The molecule has 3 rings (SSSR count). The first-order valence-corrected chi connectivity index (χ1v) is 10.8. The molecule has 1 aliphatic carbocycles. The van der Waals surface area contributed by atoms with Gasteiger partial charge in [-0.3, -0.25) is 9.69 Å². The first kappa shape index (κ1) is 22.7. The molecule has 30 heavy (non-hydrogen) atoms. The van der Waals surface area contributed by atoms with Crippen molar-refractivity contribution in [2.45, 2.75) is 52.7 Å². The third-order valence-electron chi connectivity index (χ3n) is 5.10. The Bertz CT molecular complexity index is 780. The molecule has 0 unspecified atom stereocenters. The number of carbonyl (C=O) groups excluding carboxylic acids is 2. The minimum atomic E-state index is -0.498. The third kappa shape index (κ3) is 6.25. The summed E-state index contributed by atoms with van der Waals surface area (Å²) in [5.74, 6) is 0.371. The third-order valence-corrected chi connectivity index (χ3v) is 5.57. The molecule has 2 aliphatic rings. The largest absolute Gasteiger partial charge is 0.455 e. The fourth-order valence-corrected chi connectivity index (χ4v) is 3.45. The van der Waals surface area contributed by atoms with Crippen LogP contribution in [-0.2, 0) is 20.8 Å². The molecule has 1 aromatic carbocycles. The molecule has 0 atom stereocenters. The van der Waals surface area contributed by atoms with Gasteiger partial charge in [-0.05, 0) is 46.1 Å². The second-order valence-electron chi connectivity index (χ2n) is 8.93. The summed E-state index contributed by atoms with van der Waals surface area (Å²) in [5, 5.41) is 0.530. The summed E-state index contributed by atoms with van der Waals surface area (Å²) >= 11 is 6.48. The molecule has 2 fully saturated rings. The molecule has 0 aromatic heterocycles. The Labute approximate surface area is 183 Å². The topological polar surface area (TPSA) is 68.3 Å². The monoisotopic (exact) mass is 438 g/mol. The Morgan fingerprint density at radius 1 is 1.13 bits per heavy atom. The van der Waals surface area contributed by atoms with Gasteiger partial charge in [0.2, 0.25) is 6.79 Å². The summed E-state index contributed by atoms with van der Waals surface area (Å²) < 4.78 is 16.4. The molecule has 0 spiro atoms. The second-order valence-corrected chi connectivity index (χ2v) is 9.31. The Morgan fingerprint density at radius 2 is 1.80 bits per heavy atom. The first-order valence-electron chi connectivity index (χ1n) is 10.4. The van der Waals surface area contributed by atoms with Crippen molar-refractivity contribution in [2.24, 2.45) is 5.92 Å². The number of aryl methyl sites for hydroxylation is 1. The molecule has 1 aliphatic heterocycles. The van der Waals surface area contributed by atoms with Crippen LogP contribution in [0.2, 0.25) is 5.02 Å². The van der Waals surface area contributed by atoms with Crippen molar-refractivity contribution in [3.63, 3.8) is 0 Å². The van der Waals surface area contributed by atoms with Crippen molar-refractivity contribution >= 4 is 23.7 Å². The van der Waals surface area contributed by atoms with Crippen LogP contribution in [-0.4, -0.2) is 60.4 Å². The van der Waals surface area contributed by atoms with E-state index in [1.807, 2.05) is 39.8 Å². The molecule has 7 nitrogen and oxygen atoms in total. The number of esters is 1. The molecule has 1 aromatic rings. The molecule has 166 valence electrons. The van der Waals surface area contributed by atoms with Crippen LogP contribution < -0.4 is 4.74 Å². The van der Waals surface area contributed by atoms with Gasteiger partial charge in [0.15, 0.2) is 0 Å². The van der Waals surface area contributed by atoms with E-state index >= 15 is 0 Å². The summed E-state index contributed by atoms with van der Waals surface area (Å²) in [7, 11) is 0. The van der Waals surface area contributed by atoms with E-state index in [4.69, 9.17) is 25.8 Å². The number of piperazine rings is 1. The number of carbonyl (C=O) groups is 2. The lowest BCUT2D eigenvalue weighted by atomic mass is 10.1. The Balaban J connectivity index is 1.56. The lowest BCUT2D eigenvalue weighted by molar-refractivity contribution is -0.151. The van der Waals surface area contributed by atoms with Crippen molar-refractivity contribution in [1.82, 2.24) is 9.80 Å². The number of rotatable bonds is 6. The van der Waals surface area contributed by atoms with E-state index in [9.17, 15) is 9.59 Å². The van der Waals surface area contributed by atoms with Gasteiger partial charge < -0.3 is 19.1 Å². The van der Waals surface area contributed by atoms with Crippen molar-refractivity contribution in [1.29, 1.82) is 0 Å².